The van der Waals surface area contributed by atoms with Crippen LogP contribution in [0.15, 0.2) is 52.9 Å². The number of para-hydroxylation sites is 1. The smallest absolute Gasteiger partial charge is 0.310 e. The highest BCUT2D eigenvalue weighted by molar-refractivity contribution is 8.01. The summed E-state index contributed by atoms with van der Waals surface area (Å²) in [5.74, 6) is 1.92. The predicted octanol–water partition coefficient (Wildman–Crippen LogP) is 5.82. The fraction of sp³-hybridized carbons (Fsp3) is 0.310. The summed E-state index contributed by atoms with van der Waals surface area (Å²) in [5.41, 5.74) is 3.92. The molecule has 4 aromatic rings. The molecule has 3 aliphatic rings. The van der Waals surface area contributed by atoms with E-state index in [9.17, 15) is 4.79 Å². The lowest BCUT2D eigenvalue weighted by Crippen LogP contribution is -2.33. The Morgan fingerprint density at radius 2 is 1.64 bits per heavy atom. The highest BCUT2D eigenvalue weighted by Crippen LogP contribution is 2.60. The summed E-state index contributed by atoms with van der Waals surface area (Å²) in [4.78, 5) is 18.3. The topological polar surface area (TPSA) is 85.3 Å². The van der Waals surface area contributed by atoms with Crippen LogP contribution in [-0.2, 0) is 9.53 Å². The molecule has 0 saturated carbocycles. The van der Waals surface area contributed by atoms with Gasteiger partial charge in [-0.25, -0.2) is 4.98 Å². The standard InChI is InChI=1S/C29H25NO7S2/c1-32-21-8-14(9-22(33-2)26(21)34-3)24-15-10-19-20(37-13-36-19)11-16(15)27(17-12-35-28(31)25(17)24)39-29-30-18-6-4-5-7-23(18)38-29/h4-11,17,24-25,27H,12-13H2,1-3H3/t17-,24+,25-,27+/m0/s1. The maximum Gasteiger partial charge on any atom is 0.310 e. The Hall–Kier alpha value is -3.63. The maximum absolute atomic E-state index is 13.4. The van der Waals surface area contributed by atoms with Gasteiger partial charge in [-0.2, -0.15) is 0 Å². The minimum absolute atomic E-state index is 0.0650. The number of aromatic nitrogens is 1. The van der Waals surface area contributed by atoms with E-state index in [1.807, 2.05) is 36.4 Å². The van der Waals surface area contributed by atoms with Crippen LogP contribution >= 0.6 is 23.1 Å². The van der Waals surface area contributed by atoms with Gasteiger partial charge in [-0.1, -0.05) is 23.9 Å². The van der Waals surface area contributed by atoms with Crippen LogP contribution in [0.3, 0.4) is 0 Å². The molecule has 0 radical (unpaired) electrons. The van der Waals surface area contributed by atoms with E-state index in [4.69, 9.17) is 33.4 Å². The average Bonchev–Trinajstić information content (AvgIpc) is 3.69. The Labute approximate surface area is 233 Å². The molecule has 0 bridgehead atoms. The van der Waals surface area contributed by atoms with Crippen LogP contribution in [0.25, 0.3) is 10.2 Å². The molecule has 3 heterocycles. The van der Waals surface area contributed by atoms with Crippen molar-refractivity contribution in [3.05, 3.63) is 65.2 Å². The molecule has 3 aromatic carbocycles. The largest absolute Gasteiger partial charge is 0.493 e. The molecule has 1 aromatic heterocycles. The monoisotopic (exact) mass is 563 g/mol. The van der Waals surface area contributed by atoms with Crippen molar-refractivity contribution in [1.82, 2.24) is 4.98 Å². The van der Waals surface area contributed by atoms with Crippen LogP contribution in [0.1, 0.15) is 27.9 Å². The molecule has 0 amide bonds. The number of carbonyl (C=O) groups is 1. The molecule has 1 fully saturated rings. The van der Waals surface area contributed by atoms with Gasteiger partial charge in [0.25, 0.3) is 0 Å². The van der Waals surface area contributed by atoms with Crippen LogP contribution in [0, 0.1) is 11.8 Å². The number of esters is 1. The summed E-state index contributed by atoms with van der Waals surface area (Å²) in [7, 11) is 4.75. The number of carbonyl (C=O) groups excluding carboxylic acids is 1. The van der Waals surface area contributed by atoms with Gasteiger partial charge >= 0.3 is 5.97 Å². The Kier molecular flexibility index (Phi) is 5.97. The van der Waals surface area contributed by atoms with E-state index in [0.717, 1.165) is 31.2 Å². The van der Waals surface area contributed by atoms with Gasteiger partial charge in [-0.3, -0.25) is 4.79 Å². The fourth-order valence-corrected chi connectivity index (χ4v) is 8.55. The average molecular weight is 564 g/mol. The highest BCUT2D eigenvalue weighted by atomic mass is 32.2. The summed E-state index contributed by atoms with van der Waals surface area (Å²) in [6.07, 6.45) is 0. The Balaban J connectivity index is 1.41. The van der Waals surface area contributed by atoms with Gasteiger partial charge in [0, 0.05) is 17.1 Å². The Morgan fingerprint density at radius 3 is 2.33 bits per heavy atom. The predicted molar refractivity (Wildman–Crippen MR) is 147 cm³/mol. The molecule has 10 heteroatoms. The summed E-state index contributed by atoms with van der Waals surface area (Å²) >= 11 is 3.35. The van der Waals surface area contributed by atoms with Crippen LogP contribution in [0.5, 0.6) is 28.7 Å². The van der Waals surface area contributed by atoms with E-state index >= 15 is 0 Å². The first kappa shape index (κ1) is 24.4. The van der Waals surface area contributed by atoms with Crippen LogP contribution in [-0.4, -0.2) is 45.7 Å². The molecule has 39 heavy (non-hydrogen) atoms. The van der Waals surface area contributed by atoms with E-state index in [2.05, 4.69) is 12.1 Å². The minimum atomic E-state index is -0.410. The summed E-state index contributed by atoms with van der Waals surface area (Å²) in [5, 5.41) is -0.0650. The number of methoxy groups -OCH3 is 3. The molecule has 0 spiro atoms. The number of nitrogens with zero attached hydrogens (tertiary/aromatic N) is 1. The Morgan fingerprint density at radius 1 is 0.923 bits per heavy atom. The van der Waals surface area contributed by atoms with Gasteiger partial charge in [0.15, 0.2) is 27.3 Å². The molecular weight excluding hydrogens is 538 g/mol. The number of cyclic esters (lactones) is 1. The Bertz CT molecular complexity index is 1540. The normalized spacial score (nSPS) is 22.8. The third-order valence-electron chi connectivity index (χ3n) is 7.67. The quantitative estimate of drug-likeness (QED) is 0.270. The summed E-state index contributed by atoms with van der Waals surface area (Å²) in [6.45, 7) is 0.499. The number of thiazole rings is 1. The van der Waals surface area contributed by atoms with Crippen LogP contribution in [0.2, 0.25) is 0 Å². The SMILES string of the molecule is COc1cc([C@@H]2c3cc4c(cc3[C@@H](Sc3nc5ccccc5s3)[C@H]3COC(=O)[C@H]23)OCO4)cc(OC)c1OC. The second-order valence-electron chi connectivity index (χ2n) is 9.58. The molecule has 4 atom stereocenters. The number of fused-ring (bicyclic) bond motifs is 4. The molecule has 1 saturated heterocycles. The van der Waals surface area contributed by atoms with Crippen molar-refractivity contribution in [2.75, 3.05) is 34.7 Å². The van der Waals surface area contributed by atoms with E-state index in [1.54, 1.807) is 44.4 Å². The molecule has 1 aliphatic carbocycles. The first-order valence-electron chi connectivity index (χ1n) is 12.5. The van der Waals surface area contributed by atoms with E-state index in [0.29, 0.717) is 35.4 Å². The van der Waals surface area contributed by atoms with Crippen molar-refractivity contribution in [2.45, 2.75) is 15.5 Å². The van der Waals surface area contributed by atoms with Crippen molar-refractivity contribution in [2.24, 2.45) is 11.8 Å². The van der Waals surface area contributed by atoms with Gasteiger partial charge in [-0.05, 0) is 53.1 Å². The molecular formula is C29H25NO7S2. The van der Waals surface area contributed by atoms with Crippen LogP contribution in [0.4, 0.5) is 0 Å². The number of hydrogen-bond donors (Lipinski definition) is 0. The van der Waals surface area contributed by atoms with Crippen molar-refractivity contribution < 1.29 is 33.2 Å². The molecule has 0 unspecified atom stereocenters. The lowest BCUT2D eigenvalue weighted by Gasteiger charge is -2.38. The van der Waals surface area contributed by atoms with Gasteiger partial charge in [0.05, 0.1) is 44.1 Å². The van der Waals surface area contributed by atoms with Gasteiger partial charge in [0.2, 0.25) is 12.5 Å². The lowest BCUT2D eigenvalue weighted by atomic mass is 9.67. The number of thioether (sulfide) groups is 1. The molecule has 2 aliphatic heterocycles. The number of rotatable bonds is 6. The van der Waals surface area contributed by atoms with Crippen LogP contribution < -0.4 is 23.7 Å². The maximum atomic E-state index is 13.4. The van der Waals surface area contributed by atoms with E-state index in [1.165, 1.54) is 0 Å². The molecule has 0 N–H and O–H groups in total. The van der Waals surface area contributed by atoms with Gasteiger partial charge in [0.1, 0.15) is 0 Å². The number of ether oxygens (including phenoxy) is 6. The zero-order chi connectivity index (χ0) is 26.7. The van der Waals surface area contributed by atoms with Crippen molar-refractivity contribution in [3.63, 3.8) is 0 Å². The third kappa shape index (κ3) is 3.88. The van der Waals surface area contributed by atoms with Crippen molar-refractivity contribution >= 4 is 39.3 Å². The van der Waals surface area contributed by atoms with Gasteiger partial charge in [-0.15, -0.1) is 11.3 Å². The lowest BCUT2D eigenvalue weighted by molar-refractivity contribution is -0.141. The number of hydrogen-bond acceptors (Lipinski definition) is 10. The molecule has 200 valence electrons. The molecule has 7 rings (SSSR count). The first-order valence-corrected chi connectivity index (χ1v) is 14.2. The second kappa shape index (κ2) is 9.53. The van der Waals surface area contributed by atoms with Gasteiger partial charge < -0.3 is 28.4 Å². The molecule has 8 nitrogen and oxygen atoms in total. The third-order valence-corrected chi connectivity index (χ3v) is 10.2. The fourth-order valence-electron chi connectivity index (χ4n) is 5.95. The van der Waals surface area contributed by atoms with E-state index < -0.39 is 5.92 Å². The van der Waals surface area contributed by atoms with Crippen molar-refractivity contribution in [3.8, 4) is 28.7 Å². The number of benzene rings is 3. The zero-order valence-electron chi connectivity index (χ0n) is 21.5. The minimum Gasteiger partial charge on any atom is -0.493 e. The van der Waals surface area contributed by atoms with E-state index in [-0.39, 0.29) is 29.8 Å². The summed E-state index contributed by atoms with van der Waals surface area (Å²) < 4.78 is 36.3. The van der Waals surface area contributed by atoms with Crippen molar-refractivity contribution in [1.29, 1.82) is 0 Å². The summed E-state index contributed by atoms with van der Waals surface area (Å²) in [6, 6.07) is 16.0. The highest BCUT2D eigenvalue weighted by Gasteiger charge is 2.53. The first-order chi connectivity index (χ1) is 19.1. The second-order valence-corrected chi connectivity index (χ2v) is 12.0. The zero-order valence-corrected chi connectivity index (χ0v) is 23.1.